The number of sulfone groups is 1. The number of hydrogen-bond donors (Lipinski definition) is 1. The van der Waals surface area contributed by atoms with Crippen LogP contribution in [0.15, 0.2) is 47.4 Å². The highest BCUT2D eigenvalue weighted by Gasteiger charge is 2.19. The summed E-state index contributed by atoms with van der Waals surface area (Å²) < 4.78 is 25.6. The SMILES string of the molecule is Cc1nc2ccc(NC(=O)CCS(=O)(=O)c3ccccc3Cl)cc2s1. The fourth-order valence-electron chi connectivity index (χ4n) is 2.38. The molecule has 1 N–H and O–H groups in total. The first-order chi connectivity index (χ1) is 11.8. The first-order valence-corrected chi connectivity index (χ1v) is 10.3. The Morgan fingerprint density at radius 2 is 2.00 bits per heavy atom. The van der Waals surface area contributed by atoms with E-state index >= 15 is 0 Å². The van der Waals surface area contributed by atoms with Crippen LogP contribution in [0, 0.1) is 6.92 Å². The average molecular weight is 395 g/mol. The molecule has 0 bridgehead atoms. The van der Waals surface area contributed by atoms with Crippen molar-refractivity contribution in [3.8, 4) is 0 Å². The number of halogens is 1. The normalized spacial score (nSPS) is 11.6. The molecule has 3 aromatic rings. The van der Waals surface area contributed by atoms with Crippen LogP contribution in [0.5, 0.6) is 0 Å². The number of benzene rings is 2. The van der Waals surface area contributed by atoms with E-state index in [1.165, 1.54) is 23.5 Å². The quantitative estimate of drug-likeness (QED) is 0.707. The Morgan fingerprint density at radius 1 is 1.24 bits per heavy atom. The van der Waals surface area contributed by atoms with E-state index in [2.05, 4.69) is 10.3 Å². The van der Waals surface area contributed by atoms with E-state index in [1.54, 1.807) is 18.2 Å². The first kappa shape index (κ1) is 17.8. The molecule has 3 rings (SSSR count). The highest BCUT2D eigenvalue weighted by molar-refractivity contribution is 7.91. The maximum atomic E-state index is 12.3. The zero-order valence-corrected chi connectivity index (χ0v) is 15.7. The third-order valence-corrected chi connectivity index (χ3v) is 6.69. The van der Waals surface area contributed by atoms with Gasteiger partial charge < -0.3 is 5.32 Å². The second-order valence-electron chi connectivity index (χ2n) is 5.46. The van der Waals surface area contributed by atoms with Gasteiger partial charge >= 0.3 is 0 Å². The number of amides is 1. The van der Waals surface area contributed by atoms with Crippen molar-refractivity contribution in [2.45, 2.75) is 18.2 Å². The molecule has 2 aromatic carbocycles. The van der Waals surface area contributed by atoms with Crippen LogP contribution < -0.4 is 5.32 Å². The lowest BCUT2D eigenvalue weighted by Gasteiger charge is -2.07. The number of nitrogens with one attached hydrogen (secondary N) is 1. The van der Waals surface area contributed by atoms with Crippen LogP contribution in [-0.2, 0) is 14.6 Å². The summed E-state index contributed by atoms with van der Waals surface area (Å²) in [6, 6.07) is 11.6. The largest absolute Gasteiger partial charge is 0.326 e. The Kier molecular flexibility index (Phi) is 5.08. The van der Waals surface area contributed by atoms with Crippen molar-refractivity contribution >= 4 is 54.6 Å². The first-order valence-electron chi connectivity index (χ1n) is 7.49. The molecule has 0 aliphatic heterocycles. The van der Waals surface area contributed by atoms with Crippen LogP contribution >= 0.6 is 22.9 Å². The average Bonchev–Trinajstić information content (AvgIpc) is 2.92. The molecule has 1 amide bonds. The van der Waals surface area contributed by atoms with Crippen molar-refractivity contribution in [2.24, 2.45) is 0 Å². The van der Waals surface area contributed by atoms with Crippen LogP contribution in [0.25, 0.3) is 10.2 Å². The Morgan fingerprint density at radius 3 is 2.76 bits per heavy atom. The fourth-order valence-corrected chi connectivity index (χ4v) is 5.05. The number of fused-ring (bicyclic) bond motifs is 1. The van der Waals surface area contributed by atoms with E-state index in [4.69, 9.17) is 11.6 Å². The van der Waals surface area contributed by atoms with Crippen LogP contribution in [0.4, 0.5) is 5.69 Å². The Hall–Kier alpha value is -1.96. The summed E-state index contributed by atoms with van der Waals surface area (Å²) in [5.74, 6) is -0.666. The lowest BCUT2D eigenvalue weighted by atomic mass is 10.3. The maximum Gasteiger partial charge on any atom is 0.225 e. The van der Waals surface area contributed by atoms with Gasteiger partial charge in [-0.3, -0.25) is 4.79 Å². The van der Waals surface area contributed by atoms with Gasteiger partial charge in [0.15, 0.2) is 9.84 Å². The van der Waals surface area contributed by atoms with E-state index in [0.717, 1.165) is 15.2 Å². The third kappa shape index (κ3) is 4.18. The molecule has 1 aromatic heterocycles. The molecule has 130 valence electrons. The predicted octanol–water partition coefficient (Wildman–Crippen LogP) is 4.06. The second-order valence-corrected chi connectivity index (χ2v) is 9.18. The minimum Gasteiger partial charge on any atom is -0.326 e. The van der Waals surface area contributed by atoms with Gasteiger partial charge in [0.2, 0.25) is 5.91 Å². The predicted molar refractivity (Wildman–Crippen MR) is 101 cm³/mol. The van der Waals surface area contributed by atoms with E-state index in [9.17, 15) is 13.2 Å². The molecule has 25 heavy (non-hydrogen) atoms. The molecule has 0 spiro atoms. The van der Waals surface area contributed by atoms with E-state index in [1.807, 2.05) is 19.1 Å². The van der Waals surface area contributed by atoms with Crippen molar-refractivity contribution < 1.29 is 13.2 Å². The molecule has 0 saturated heterocycles. The zero-order chi connectivity index (χ0) is 18.0. The van der Waals surface area contributed by atoms with Crippen molar-refractivity contribution in [2.75, 3.05) is 11.1 Å². The number of carbonyl (C=O) groups is 1. The number of carbonyl (C=O) groups excluding carboxylic acids is 1. The fraction of sp³-hybridized carbons (Fsp3) is 0.176. The summed E-state index contributed by atoms with van der Waals surface area (Å²) in [7, 11) is -3.61. The van der Waals surface area contributed by atoms with Gasteiger partial charge in [-0.05, 0) is 37.3 Å². The van der Waals surface area contributed by atoms with Gasteiger partial charge in [0, 0.05) is 12.1 Å². The summed E-state index contributed by atoms with van der Waals surface area (Å²) in [5, 5.41) is 3.83. The number of anilines is 1. The van der Waals surface area contributed by atoms with Gasteiger partial charge in [0.05, 0.1) is 30.9 Å². The molecule has 0 unspecified atom stereocenters. The van der Waals surface area contributed by atoms with Crippen LogP contribution in [-0.4, -0.2) is 25.1 Å². The number of aromatic nitrogens is 1. The molecule has 5 nitrogen and oxygen atoms in total. The van der Waals surface area contributed by atoms with Gasteiger partial charge in [-0.15, -0.1) is 11.3 Å². The standard InChI is InChI=1S/C17H15ClN2O3S2/c1-11-19-14-7-6-12(10-15(14)24-11)20-17(21)8-9-25(22,23)16-5-3-2-4-13(16)18/h2-7,10H,8-9H2,1H3,(H,20,21). The van der Waals surface area contributed by atoms with Gasteiger partial charge in [-0.2, -0.15) is 0 Å². The van der Waals surface area contributed by atoms with Crippen LogP contribution in [0.1, 0.15) is 11.4 Å². The second kappa shape index (κ2) is 7.11. The van der Waals surface area contributed by atoms with Crippen molar-refractivity contribution in [3.05, 3.63) is 52.5 Å². The molecular weight excluding hydrogens is 380 g/mol. The molecule has 0 aliphatic rings. The van der Waals surface area contributed by atoms with Crippen LogP contribution in [0.2, 0.25) is 5.02 Å². The Balaban J connectivity index is 1.66. The highest BCUT2D eigenvalue weighted by atomic mass is 35.5. The summed E-state index contributed by atoms with van der Waals surface area (Å²) in [6.45, 7) is 1.92. The smallest absolute Gasteiger partial charge is 0.225 e. The number of aryl methyl sites for hydroxylation is 1. The summed E-state index contributed by atoms with van der Waals surface area (Å²) in [6.07, 6.45) is -0.146. The number of rotatable bonds is 5. The minimum atomic E-state index is -3.61. The van der Waals surface area contributed by atoms with Crippen molar-refractivity contribution in [1.82, 2.24) is 4.98 Å². The monoisotopic (exact) mass is 394 g/mol. The lowest BCUT2D eigenvalue weighted by molar-refractivity contribution is -0.115. The van der Waals surface area contributed by atoms with Gasteiger partial charge in [-0.25, -0.2) is 13.4 Å². The lowest BCUT2D eigenvalue weighted by Crippen LogP contribution is -2.17. The number of nitrogens with zero attached hydrogens (tertiary/aromatic N) is 1. The maximum absolute atomic E-state index is 12.3. The zero-order valence-electron chi connectivity index (χ0n) is 13.3. The molecule has 0 fully saturated rings. The summed E-state index contributed by atoms with van der Waals surface area (Å²) >= 11 is 7.46. The van der Waals surface area contributed by atoms with E-state index in [0.29, 0.717) is 5.69 Å². The highest BCUT2D eigenvalue weighted by Crippen LogP contribution is 2.25. The number of thiazole rings is 1. The van der Waals surface area contributed by atoms with E-state index < -0.39 is 9.84 Å². The van der Waals surface area contributed by atoms with Crippen LogP contribution in [0.3, 0.4) is 0 Å². The molecule has 0 atom stereocenters. The molecule has 0 saturated carbocycles. The molecule has 8 heteroatoms. The summed E-state index contributed by atoms with van der Waals surface area (Å²) in [5.41, 5.74) is 1.50. The van der Waals surface area contributed by atoms with Gasteiger partial charge in [0.25, 0.3) is 0 Å². The van der Waals surface area contributed by atoms with E-state index in [-0.39, 0.29) is 28.0 Å². The topological polar surface area (TPSA) is 76.1 Å². The molecule has 0 aliphatic carbocycles. The molecule has 0 radical (unpaired) electrons. The van der Waals surface area contributed by atoms with Crippen molar-refractivity contribution in [1.29, 1.82) is 0 Å². The van der Waals surface area contributed by atoms with Gasteiger partial charge in [0.1, 0.15) is 0 Å². The molecule has 1 heterocycles. The minimum absolute atomic E-state index is 0.0472. The van der Waals surface area contributed by atoms with Crippen molar-refractivity contribution in [3.63, 3.8) is 0 Å². The van der Waals surface area contributed by atoms with Gasteiger partial charge in [-0.1, -0.05) is 23.7 Å². The summed E-state index contributed by atoms with van der Waals surface area (Å²) in [4.78, 5) is 16.5. The third-order valence-electron chi connectivity index (χ3n) is 3.55. The Bertz CT molecular complexity index is 1040. The number of hydrogen-bond acceptors (Lipinski definition) is 5. The molecular formula is C17H15ClN2O3S2. The Labute approximate surface area is 154 Å².